The maximum Gasteiger partial charge on any atom is 0.261 e. The molecular weight excluding hydrogens is 376 g/mol. The molecule has 0 spiro atoms. The highest BCUT2D eigenvalue weighted by Crippen LogP contribution is 2.22. The van der Waals surface area contributed by atoms with Crippen molar-refractivity contribution in [1.29, 1.82) is 0 Å². The summed E-state index contributed by atoms with van der Waals surface area (Å²) in [7, 11) is -3.83. The Labute approximate surface area is 163 Å². The molecule has 0 unspecified atom stereocenters. The first-order valence-corrected chi connectivity index (χ1v) is 10.1. The van der Waals surface area contributed by atoms with Crippen molar-refractivity contribution in [3.05, 3.63) is 89.5 Å². The molecule has 3 N–H and O–H groups in total. The number of para-hydroxylation sites is 1. The maximum atomic E-state index is 12.7. The monoisotopic (exact) mass is 396 g/mol. The number of benzene rings is 3. The molecule has 6 nitrogen and oxygen atoms in total. The second kappa shape index (κ2) is 8.24. The smallest absolute Gasteiger partial charge is 0.261 e. The van der Waals surface area contributed by atoms with Gasteiger partial charge in [0.15, 0.2) is 0 Å². The molecule has 0 radical (unpaired) electrons. The third-order valence-corrected chi connectivity index (χ3v) is 5.52. The van der Waals surface area contributed by atoms with E-state index < -0.39 is 15.9 Å². The van der Waals surface area contributed by atoms with Gasteiger partial charge in [-0.3, -0.25) is 9.52 Å². The summed E-state index contributed by atoms with van der Waals surface area (Å²) < 4.78 is 27.8. The lowest BCUT2D eigenvalue weighted by Crippen LogP contribution is -2.18. The lowest BCUT2D eigenvalue weighted by atomic mass is 10.1. The largest absolute Gasteiger partial charge is 0.392 e. The molecule has 3 aromatic carbocycles. The molecular formula is C21H20N2O4S. The van der Waals surface area contributed by atoms with Crippen LogP contribution < -0.4 is 10.0 Å². The molecule has 0 atom stereocenters. The number of carbonyl (C=O) groups excluding carboxylic acids is 1. The lowest BCUT2D eigenvalue weighted by molar-refractivity contribution is 0.102. The fourth-order valence-electron chi connectivity index (χ4n) is 2.58. The summed E-state index contributed by atoms with van der Waals surface area (Å²) in [5.74, 6) is -0.445. The van der Waals surface area contributed by atoms with Crippen LogP contribution in [0.15, 0.2) is 77.7 Å². The highest BCUT2D eigenvalue weighted by molar-refractivity contribution is 7.92. The normalized spacial score (nSPS) is 11.1. The molecule has 0 aliphatic heterocycles. The summed E-state index contributed by atoms with van der Waals surface area (Å²) in [5, 5.41) is 11.8. The Morgan fingerprint density at radius 1 is 0.929 bits per heavy atom. The summed E-state index contributed by atoms with van der Waals surface area (Å²) in [5.41, 5.74) is 2.60. The van der Waals surface area contributed by atoms with Crippen LogP contribution in [0.5, 0.6) is 0 Å². The van der Waals surface area contributed by atoms with Crippen molar-refractivity contribution in [2.75, 3.05) is 10.0 Å². The fraction of sp³-hybridized carbons (Fsp3) is 0.0952. The van der Waals surface area contributed by atoms with Crippen LogP contribution in [-0.2, 0) is 16.6 Å². The van der Waals surface area contributed by atoms with Crippen LogP contribution in [-0.4, -0.2) is 19.4 Å². The minimum Gasteiger partial charge on any atom is -0.392 e. The molecule has 0 saturated heterocycles. The van der Waals surface area contributed by atoms with Gasteiger partial charge in [-0.05, 0) is 48.9 Å². The molecule has 0 heterocycles. The van der Waals surface area contributed by atoms with E-state index in [1.54, 1.807) is 54.6 Å². The van der Waals surface area contributed by atoms with Crippen molar-refractivity contribution < 1.29 is 18.3 Å². The second-order valence-corrected chi connectivity index (χ2v) is 7.96. The van der Waals surface area contributed by atoms with Crippen LogP contribution >= 0.6 is 0 Å². The number of hydrogen-bond donors (Lipinski definition) is 3. The Morgan fingerprint density at radius 2 is 1.57 bits per heavy atom. The van der Waals surface area contributed by atoms with Gasteiger partial charge in [-0.2, -0.15) is 0 Å². The third-order valence-electron chi connectivity index (χ3n) is 4.14. The number of hydrogen-bond acceptors (Lipinski definition) is 4. The van der Waals surface area contributed by atoms with Crippen molar-refractivity contribution in [2.24, 2.45) is 0 Å². The van der Waals surface area contributed by atoms with Crippen molar-refractivity contribution in [2.45, 2.75) is 18.4 Å². The first-order valence-electron chi connectivity index (χ1n) is 8.59. The number of aryl methyl sites for hydroxylation is 1. The van der Waals surface area contributed by atoms with Gasteiger partial charge in [-0.25, -0.2) is 8.42 Å². The molecule has 3 rings (SSSR count). The molecule has 3 aromatic rings. The highest BCUT2D eigenvalue weighted by atomic mass is 32.2. The summed E-state index contributed by atoms with van der Waals surface area (Å²) in [6.07, 6.45) is 0. The van der Waals surface area contributed by atoms with Gasteiger partial charge in [0.05, 0.1) is 22.8 Å². The van der Waals surface area contributed by atoms with Crippen molar-refractivity contribution in [3.8, 4) is 0 Å². The summed E-state index contributed by atoms with van der Waals surface area (Å²) in [4.78, 5) is 12.8. The quantitative estimate of drug-likeness (QED) is 0.594. The van der Waals surface area contributed by atoms with Crippen LogP contribution in [0.25, 0.3) is 0 Å². The van der Waals surface area contributed by atoms with Gasteiger partial charge in [0.25, 0.3) is 15.9 Å². The summed E-state index contributed by atoms with van der Waals surface area (Å²) >= 11 is 0. The molecule has 0 aliphatic rings. The zero-order valence-corrected chi connectivity index (χ0v) is 16.0. The first-order chi connectivity index (χ1) is 13.4. The molecule has 0 fully saturated rings. The van der Waals surface area contributed by atoms with E-state index in [-0.39, 0.29) is 22.8 Å². The van der Waals surface area contributed by atoms with Gasteiger partial charge < -0.3 is 10.4 Å². The molecule has 144 valence electrons. The Balaban J connectivity index is 1.83. The first kappa shape index (κ1) is 19.6. The van der Waals surface area contributed by atoms with Crippen LogP contribution in [0.3, 0.4) is 0 Å². The number of sulfonamides is 1. The zero-order chi connectivity index (χ0) is 20.1. The zero-order valence-electron chi connectivity index (χ0n) is 15.2. The van der Waals surface area contributed by atoms with Crippen molar-refractivity contribution in [3.63, 3.8) is 0 Å². The average molecular weight is 396 g/mol. The predicted molar refractivity (Wildman–Crippen MR) is 109 cm³/mol. The molecule has 7 heteroatoms. The Kier molecular flexibility index (Phi) is 5.77. The van der Waals surface area contributed by atoms with Gasteiger partial charge in [-0.15, -0.1) is 0 Å². The minimum absolute atomic E-state index is 0.0855. The van der Waals surface area contributed by atoms with Crippen LogP contribution in [0.2, 0.25) is 0 Å². The van der Waals surface area contributed by atoms with Crippen molar-refractivity contribution in [1.82, 2.24) is 0 Å². The number of rotatable bonds is 6. The predicted octanol–water partition coefficient (Wildman–Crippen LogP) is 3.54. The highest BCUT2D eigenvalue weighted by Gasteiger charge is 2.18. The van der Waals surface area contributed by atoms with Gasteiger partial charge >= 0.3 is 0 Å². The molecule has 28 heavy (non-hydrogen) atoms. The van der Waals surface area contributed by atoms with E-state index in [4.69, 9.17) is 5.11 Å². The number of aliphatic hydroxyl groups excluding tert-OH is 1. The Morgan fingerprint density at radius 3 is 2.21 bits per heavy atom. The third kappa shape index (κ3) is 4.57. The Bertz CT molecular complexity index is 1080. The van der Waals surface area contributed by atoms with Gasteiger partial charge in [0.1, 0.15) is 0 Å². The molecule has 1 amide bonds. The van der Waals surface area contributed by atoms with Gasteiger partial charge in [-0.1, -0.05) is 42.0 Å². The van der Waals surface area contributed by atoms with Crippen LogP contribution in [0.1, 0.15) is 21.5 Å². The van der Waals surface area contributed by atoms with E-state index in [0.717, 1.165) is 11.1 Å². The lowest BCUT2D eigenvalue weighted by Gasteiger charge is -2.13. The van der Waals surface area contributed by atoms with E-state index in [2.05, 4.69) is 10.0 Å². The standard InChI is InChI=1S/C21H20N2O4S/c1-15-6-12-18(13-7-15)28(26,27)23-20-5-3-2-4-19(20)21(25)22-17-10-8-16(14-24)9-11-17/h2-13,23-24H,14H2,1H3,(H,22,25). The average Bonchev–Trinajstić information content (AvgIpc) is 2.69. The second-order valence-electron chi connectivity index (χ2n) is 6.27. The fourth-order valence-corrected chi connectivity index (χ4v) is 3.66. The molecule has 0 aliphatic carbocycles. The summed E-state index contributed by atoms with van der Waals surface area (Å²) in [6.45, 7) is 1.79. The summed E-state index contributed by atoms with van der Waals surface area (Å²) in [6, 6.07) is 19.6. The van der Waals surface area contributed by atoms with Gasteiger partial charge in [0.2, 0.25) is 0 Å². The van der Waals surface area contributed by atoms with Crippen LogP contribution in [0.4, 0.5) is 11.4 Å². The van der Waals surface area contributed by atoms with E-state index in [1.165, 1.54) is 18.2 Å². The van der Waals surface area contributed by atoms with Crippen LogP contribution in [0, 0.1) is 6.92 Å². The molecule has 0 saturated carbocycles. The molecule has 0 bridgehead atoms. The number of carbonyl (C=O) groups is 1. The van der Waals surface area contributed by atoms with E-state index in [0.29, 0.717) is 5.69 Å². The number of aliphatic hydroxyl groups is 1. The number of nitrogens with one attached hydrogen (secondary N) is 2. The topological polar surface area (TPSA) is 95.5 Å². The van der Waals surface area contributed by atoms with E-state index >= 15 is 0 Å². The van der Waals surface area contributed by atoms with Crippen molar-refractivity contribution >= 4 is 27.3 Å². The van der Waals surface area contributed by atoms with E-state index in [1.807, 2.05) is 6.92 Å². The number of amides is 1. The van der Waals surface area contributed by atoms with Gasteiger partial charge in [0, 0.05) is 5.69 Å². The minimum atomic E-state index is -3.83. The molecule has 0 aromatic heterocycles. The Hall–Kier alpha value is -3.16. The SMILES string of the molecule is Cc1ccc(S(=O)(=O)Nc2ccccc2C(=O)Nc2ccc(CO)cc2)cc1. The number of anilines is 2. The van der Waals surface area contributed by atoms with E-state index in [9.17, 15) is 13.2 Å². The maximum absolute atomic E-state index is 12.7.